The average Bonchev–Trinajstić information content (AvgIpc) is 2.54. The fraction of sp³-hybridized carbons (Fsp3) is 0.294. The van der Waals surface area contributed by atoms with Crippen molar-refractivity contribution >= 4 is 17.4 Å². The molecule has 0 aliphatic heterocycles. The van der Waals surface area contributed by atoms with Crippen LogP contribution in [0.5, 0.6) is 0 Å². The van der Waals surface area contributed by atoms with Crippen molar-refractivity contribution < 1.29 is 0 Å². The third-order valence-electron chi connectivity index (χ3n) is 3.27. The molecule has 0 amide bonds. The number of nitriles is 1. The molecule has 0 spiro atoms. The van der Waals surface area contributed by atoms with Gasteiger partial charge in [-0.05, 0) is 37.7 Å². The van der Waals surface area contributed by atoms with Gasteiger partial charge in [0.15, 0.2) is 5.69 Å². The molecule has 1 heterocycles. The monoisotopic (exact) mass is 314 g/mol. The first-order valence-corrected chi connectivity index (χ1v) is 7.60. The van der Waals surface area contributed by atoms with Gasteiger partial charge in [0.25, 0.3) is 0 Å². The molecule has 1 aromatic carbocycles. The maximum absolute atomic E-state index is 8.90. The van der Waals surface area contributed by atoms with Gasteiger partial charge in [-0.15, -0.1) is 0 Å². The largest absolute Gasteiger partial charge is 0.370 e. The minimum Gasteiger partial charge on any atom is -0.370 e. The quantitative estimate of drug-likeness (QED) is 0.794. The lowest BCUT2D eigenvalue weighted by Crippen LogP contribution is -2.21. The van der Waals surface area contributed by atoms with Gasteiger partial charge in [0.1, 0.15) is 11.9 Å². The van der Waals surface area contributed by atoms with Gasteiger partial charge in [-0.1, -0.05) is 41.9 Å². The predicted octanol–water partition coefficient (Wildman–Crippen LogP) is 3.54. The third-order valence-corrected chi connectivity index (χ3v) is 3.57. The summed E-state index contributed by atoms with van der Waals surface area (Å²) in [6.07, 6.45) is 0.996. The molecule has 0 aliphatic rings. The molecule has 22 heavy (non-hydrogen) atoms. The van der Waals surface area contributed by atoms with E-state index in [-0.39, 0.29) is 5.69 Å². The summed E-state index contributed by atoms with van der Waals surface area (Å²) in [5.41, 5.74) is 1.57. The highest BCUT2D eigenvalue weighted by atomic mass is 35.5. The highest BCUT2D eigenvalue weighted by molar-refractivity contribution is 6.31. The molecule has 2 aromatic rings. The Hall–Kier alpha value is -2.09. The number of aromatic nitrogens is 1. The van der Waals surface area contributed by atoms with Crippen LogP contribution in [0.4, 0.5) is 5.82 Å². The number of hydrogen-bond acceptors (Lipinski definition) is 4. The molecule has 0 saturated carbocycles. The lowest BCUT2D eigenvalue weighted by Gasteiger charge is -2.16. The molecule has 4 nitrogen and oxygen atoms in total. The normalized spacial score (nSPS) is 10.5. The zero-order valence-corrected chi connectivity index (χ0v) is 13.3. The Morgan fingerprint density at radius 3 is 2.73 bits per heavy atom. The second kappa shape index (κ2) is 8.38. The number of benzene rings is 1. The Kier molecular flexibility index (Phi) is 6.20. The molecule has 0 saturated heterocycles. The zero-order valence-electron chi connectivity index (χ0n) is 12.6. The van der Waals surface area contributed by atoms with E-state index in [2.05, 4.69) is 46.5 Å². The highest BCUT2D eigenvalue weighted by Crippen LogP contribution is 2.15. The van der Waals surface area contributed by atoms with Crippen LogP contribution in [0.15, 0.2) is 42.5 Å². The lowest BCUT2D eigenvalue weighted by atomic mass is 10.2. The van der Waals surface area contributed by atoms with Crippen molar-refractivity contribution in [2.24, 2.45) is 0 Å². The van der Waals surface area contributed by atoms with Crippen LogP contribution in [-0.2, 0) is 6.54 Å². The van der Waals surface area contributed by atoms with Crippen LogP contribution < -0.4 is 5.32 Å². The summed E-state index contributed by atoms with van der Waals surface area (Å²) in [6.45, 7) is 2.73. The molecule has 114 valence electrons. The Morgan fingerprint density at radius 2 is 2.00 bits per heavy atom. The molecule has 0 atom stereocenters. The van der Waals surface area contributed by atoms with Crippen molar-refractivity contribution in [2.75, 3.05) is 25.5 Å². The van der Waals surface area contributed by atoms with Crippen LogP contribution >= 0.6 is 11.6 Å². The first-order chi connectivity index (χ1) is 10.7. The Bertz CT molecular complexity index is 637. The summed E-state index contributed by atoms with van der Waals surface area (Å²) in [5.74, 6) is 0.687. The summed E-state index contributed by atoms with van der Waals surface area (Å²) in [5, 5.41) is 12.5. The maximum atomic E-state index is 8.90. The zero-order chi connectivity index (χ0) is 15.8. The van der Waals surface area contributed by atoms with Crippen LogP contribution in [-0.4, -0.2) is 30.0 Å². The van der Waals surface area contributed by atoms with Gasteiger partial charge in [-0.3, -0.25) is 0 Å². The number of nitrogens with zero attached hydrogens (tertiary/aromatic N) is 3. The van der Waals surface area contributed by atoms with Crippen molar-refractivity contribution in [1.29, 1.82) is 5.26 Å². The minimum atomic E-state index is 0.257. The van der Waals surface area contributed by atoms with E-state index in [1.165, 1.54) is 5.56 Å². The standard InChI is InChI=1S/C17H19ClN4/c1-22(13-14-6-3-2-4-7-14)11-5-10-20-17-9-8-15(18)16(12-19)21-17/h2-4,6-9H,5,10-11,13H2,1H3,(H,20,21). The number of pyridine rings is 1. The van der Waals surface area contributed by atoms with Gasteiger partial charge in [0.05, 0.1) is 5.02 Å². The van der Waals surface area contributed by atoms with Crippen LogP contribution in [0.1, 0.15) is 17.7 Å². The van der Waals surface area contributed by atoms with Crippen LogP contribution in [0, 0.1) is 11.3 Å². The van der Waals surface area contributed by atoms with Gasteiger partial charge < -0.3 is 10.2 Å². The Morgan fingerprint density at radius 1 is 1.23 bits per heavy atom. The van der Waals surface area contributed by atoms with Crippen LogP contribution in [0.3, 0.4) is 0 Å². The summed E-state index contributed by atoms with van der Waals surface area (Å²) in [7, 11) is 2.11. The predicted molar refractivity (Wildman–Crippen MR) is 89.8 cm³/mol. The second-order valence-electron chi connectivity index (χ2n) is 5.14. The first-order valence-electron chi connectivity index (χ1n) is 7.22. The summed E-state index contributed by atoms with van der Waals surface area (Å²) < 4.78 is 0. The smallest absolute Gasteiger partial charge is 0.161 e. The third kappa shape index (κ3) is 5.03. The Labute approximate surface area is 136 Å². The molecule has 1 aromatic heterocycles. The van der Waals surface area contributed by atoms with E-state index in [9.17, 15) is 0 Å². The second-order valence-corrected chi connectivity index (χ2v) is 5.55. The van der Waals surface area contributed by atoms with Crippen LogP contribution in [0.25, 0.3) is 0 Å². The van der Waals surface area contributed by atoms with Gasteiger partial charge in [-0.2, -0.15) is 5.26 Å². The highest BCUT2D eigenvalue weighted by Gasteiger charge is 2.03. The van der Waals surface area contributed by atoms with E-state index in [1.54, 1.807) is 12.1 Å². The summed E-state index contributed by atoms with van der Waals surface area (Å²) >= 11 is 5.86. The topological polar surface area (TPSA) is 52.0 Å². The summed E-state index contributed by atoms with van der Waals surface area (Å²) in [6, 6.07) is 15.9. The lowest BCUT2D eigenvalue weighted by molar-refractivity contribution is 0.325. The SMILES string of the molecule is CN(CCCNc1ccc(Cl)c(C#N)n1)Cc1ccccc1. The molecule has 0 unspecified atom stereocenters. The van der Waals surface area contributed by atoms with Gasteiger partial charge in [0, 0.05) is 13.1 Å². The van der Waals surface area contributed by atoms with Gasteiger partial charge in [-0.25, -0.2) is 4.98 Å². The van der Waals surface area contributed by atoms with Crippen molar-refractivity contribution in [2.45, 2.75) is 13.0 Å². The maximum Gasteiger partial charge on any atom is 0.161 e. The van der Waals surface area contributed by atoms with Gasteiger partial charge >= 0.3 is 0 Å². The van der Waals surface area contributed by atoms with E-state index in [0.717, 1.165) is 26.1 Å². The van der Waals surface area contributed by atoms with E-state index in [1.807, 2.05) is 12.1 Å². The average molecular weight is 315 g/mol. The summed E-state index contributed by atoms with van der Waals surface area (Å²) in [4.78, 5) is 6.44. The van der Waals surface area contributed by atoms with E-state index >= 15 is 0 Å². The molecule has 2 rings (SSSR count). The van der Waals surface area contributed by atoms with Crippen molar-refractivity contribution in [3.8, 4) is 6.07 Å². The molecule has 0 fully saturated rings. The molecule has 5 heteroatoms. The fourth-order valence-electron chi connectivity index (χ4n) is 2.16. The molecular weight excluding hydrogens is 296 g/mol. The van der Waals surface area contributed by atoms with E-state index < -0.39 is 0 Å². The molecule has 0 aliphatic carbocycles. The van der Waals surface area contributed by atoms with E-state index in [0.29, 0.717) is 10.8 Å². The molecule has 1 N–H and O–H groups in total. The number of anilines is 1. The number of nitrogens with one attached hydrogen (secondary N) is 1. The van der Waals surface area contributed by atoms with Crippen LogP contribution in [0.2, 0.25) is 5.02 Å². The molecule has 0 radical (unpaired) electrons. The van der Waals surface area contributed by atoms with Gasteiger partial charge in [0.2, 0.25) is 0 Å². The van der Waals surface area contributed by atoms with Crippen molar-refractivity contribution in [3.05, 3.63) is 58.7 Å². The Balaban J connectivity index is 1.72. The molecule has 0 bridgehead atoms. The fourth-order valence-corrected chi connectivity index (χ4v) is 2.31. The number of rotatable bonds is 7. The minimum absolute atomic E-state index is 0.257. The van der Waals surface area contributed by atoms with Crippen molar-refractivity contribution in [3.63, 3.8) is 0 Å². The number of hydrogen-bond donors (Lipinski definition) is 1. The molecular formula is C17H19ClN4. The van der Waals surface area contributed by atoms with Crippen molar-refractivity contribution in [1.82, 2.24) is 9.88 Å². The number of halogens is 1. The first kappa shape index (κ1) is 16.3. The van der Waals surface area contributed by atoms with E-state index in [4.69, 9.17) is 16.9 Å².